The molecule has 0 aliphatic carbocycles. The number of rotatable bonds is 6. The second-order valence-corrected chi connectivity index (χ2v) is 3.16. The van der Waals surface area contributed by atoms with Gasteiger partial charge in [-0.25, -0.2) is 0 Å². The van der Waals surface area contributed by atoms with Crippen LogP contribution in [0.3, 0.4) is 0 Å². The molecule has 1 rings (SSSR count). The van der Waals surface area contributed by atoms with E-state index in [9.17, 15) is 5.11 Å². The lowest BCUT2D eigenvalue weighted by molar-refractivity contribution is -0.657. The first-order valence-corrected chi connectivity index (χ1v) is 5.33. The van der Waals surface area contributed by atoms with Crippen LogP contribution in [-0.2, 0) is 9.47 Å². The zero-order valence-electron chi connectivity index (χ0n) is 10.0. The molecule has 0 heterocycles. The zero-order valence-corrected chi connectivity index (χ0v) is 10.0. The highest BCUT2D eigenvalue weighted by Crippen LogP contribution is 1.98. The van der Waals surface area contributed by atoms with E-state index in [0.29, 0.717) is 0 Å². The topological polar surface area (TPSA) is 58.1 Å². The van der Waals surface area contributed by atoms with Gasteiger partial charge in [-0.2, -0.15) is 0 Å². The molecule has 92 valence electrons. The number of nitrogens with two attached hydrogens (primary N) is 1. The fourth-order valence-electron chi connectivity index (χ4n) is 0.967. The maximum Gasteiger partial charge on any atom is 0.0993 e. The molecular formula is C12H21NO3. The molecule has 0 amide bonds. The van der Waals surface area contributed by atoms with Gasteiger partial charge < -0.3 is 19.9 Å². The molecule has 16 heavy (non-hydrogen) atoms. The first-order valence-electron chi connectivity index (χ1n) is 5.33. The summed E-state index contributed by atoms with van der Waals surface area (Å²) in [7, 11) is 3.42. The van der Waals surface area contributed by atoms with E-state index in [0.717, 1.165) is 26.3 Å². The van der Waals surface area contributed by atoms with E-state index in [2.05, 4.69) is 5.32 Å². The third-order valence-corrected chi connectivity index (χ3v) is 1.80. The summed E-state index contributed by atoms with van der Waals surface area (Å²) in [5, 5.41) is 12.4. The molecule has 0 saturated heterocycles. The molecule has 0 aromatic heterocycles. The molecule has 0 bridgehead atoms. The second kappa shape index (κ2) is 12.0. The Kier molecular flexibility index (Phi) is 11.1. The first kappa shape index (κ1) is 14.9. The number of hydrogen-bond acceptors (Lipinski definition) is 3. The zero-order chi connectivity index (χ0) is 12.1. The minimum atomic E-state index is 0.0718. The molecule has 0 radical (unpaired) electrons. The van der Waals surface area contributed by atoms with Crippen molar-refractivity contribution in [2.24, 2.45) is 0 Å². The second-order valence-electron chi connectivity index (χ2n) is 3.16. The maximum atomic E-state index is 10.3. The average Bonchev–Trinajstić information content (AvgIpc) is 2.31. The molecule has 0 saturated carbocycles. The number of hydrogen-bond donors (Lipinski definition) is 1. The highest BCUT2D eigenvalue weighted by molar-refractivity contribution is 5.17. The molecule has 0 aliphatic heterocycles. The van der Waals surface area contributed by atoms with Crippen LogP contribution in [0.15, 0.2) is 30.3 Å². The third kappa shape index (κ3) is 11.0. The van der Waals surface area contributed by atoms with Crippen molar-refractivity contribution >= 4 is 0 Å². The van der Waals surface area contributed by atoms with Gasteiger partial charge in [-0.05, 0) is 0 Å². The van der Waals surface area contributed by atoms with Crippen LogP contribution in [0.1, 0.15) is 0 Å². The van der Waals surface area contributed by atoms with Crippen molar-refractivity contribution in [1.29, 1.82) is 0 Å². The molecule has 1 aromatic carbocycles. The van der Waals surface area contributed by atoms with Crippen molar-refractivity contribution in [3.63, 3.8) is 0 Å². The summed E-state index contributed by atoms with van der Waals surface area (Å²) in [6.07, 6.45) is 0. The van der Waals surface area contributed by atoms with Gasteiger partial charge in [0.15, 0.2) is 0 Å². The van der Waals surface area contributed by atoms with E-state index in [1.807, 2.05) is 6.07 Å². The first-order chi connectivity index (χ1) is 7.81. The summed E-state index contributed by atoms with van der Waals surface area (Å²) in [5.74, 6) is 0.0718. The van der Waals surface area contributed by atoms with E-state index >= 15 is 0 Å². The van der Waals surface area contributed by atoms with Crippen LogP contribution in [0.25, 0.3) is 0 Å². The van der Waals surface area contributed by atoms with Gasteiger partial charge in [-0.15, -0.1) is 5.75 Å². The summed E-state index contributed by atoms with van der Waals surface area (Å²) in [4.78, 5) is 0. The number of benzene rings is 1. The predicted octanol–water partition coefficient (Wildman–Crippen LogP) is -0.397. The summed E-state index contributed by atoms with van der Waals surface area (Å²) in [5.41, 5.74) is 0. The minimum Gasteiger partial charge on any atom is -0.872 e. The van der Waals surface area contributed by atoms with E-state index in [1.54, 1.807) is 26.4 Å². The summed E-state index contributed by atoms with van der Waals surface area (Å²) >= 11 is 0. The van der Waals surface area contributed by atoms with Crippen molar-refractivity contribution < 1.29 is 19.9 Å². The quantitative estimate of drug-likeness (QED) is 0.673. The fraction of sp³-hybridized carbons (Fsp3) is 0.500. The van der Waals surface area contributed by atoms with Gasteiger partial charge in [0.1, 0.15) is 0 Å². The van der Waals surface area contributed by atoms with Gasteiger partial charge >= 0.3 is 0 Å². The van der Waals surface area contributed by atoms with Crippen molar-refractivity contribution in [2.45, 2.75) is 0 Å². The highest BCUT2D eigenvalue weighted by atomic mass is 16.5. The van der Waals surface area contributed by atoms with E-state index in [-0.39, 0.29) is 5.75 Å². The van der Waals surface area contributed by atoms with Crippen LogP contribution in [0.2, 0.25) is 0 Å². The van der Waals surface area contributed by atoms with E-state index in [4.69, 9.17) is 9.47 Å². The standard InChI is InChI=1S/C6H15NO2.C6H6O/c1-8-5-3-7-4-6-9-2;7-6-4-2-1-3-5-6/h7H,3-6H2,1-2H3;1-5,7H. The van der Waals surface area contributed by atoms with Crippen LogP contribution in [0, 0.1) is 0 Å². The summed E-state index contributed by atoms with van der Waals surface area (Å²) in [6, 6.07) is 8.33. The Labute approximate surface area is 97.2 Å². The van der Waals surface area contributed by atoms with Crippen LogP contribution in [-0.4, -0.2) is 40.5 Å². The smallest absolute Gasteiger partial charge is 0.0993 e. The lowest BCUT2D eigenvalue weighted by atomic mass is 10.3. The highest BCUT2D eigenvalue weighted by Gasteiger charge is 1.86. The molecule has 2 N–H and O–H groups in total. The Bertz CT molecular complexity index is 223. The van der Waals surface area contributed by atoms with Gasteiger partial charge in [-0.1, -0.05) is 30.3 Å². The summed E-state index contributed by atoms with van der Waals surface area (Å²) in [6.45, 7) is 3.70. The van der Waals surface area contributed by atoms with Gasteiger partial charge in [0, 0.05) is 14.2 Å². The van der Waals surface area contributed by atoms with Gasteiger partial charge in [0.05, 0.1) is 26.3 Å². The molecule has 0 fully saturated rings. The Balaban J connectivity index is 0.000000288. The predicted molar refractivity (Wildman–Crippen MR) is 61.3 cm³/mol. The average molecular weight is 227 g/mol. The van der Waals surface area contributed by atoms with E-state index < -0.39 is 0 Å². The van der Waals surface area contributed by atoms with Gasteiger partial charge in [-0.3, -0.25) is 0 Å². The van der Waals surface area contributed by atoms with Crippen molar-refractivity contribution in [3.8, 4) is 5.75 Å². The van der Waals surface area contributed by atoms with Crippen LogP contribution in [0.5, 0.6) is 5.75 Å². The summed E-state index contributed by atoms with van der Waals surface area (Å²) < 4.78 is 9.70. The van der Waals surface area contributed by atoms with Gasteiger partial charge in [0.25, 0.3) is 0 Å². The Morgan fingerprint density at radius 3 is 1.81 bits per heavy atom. The SMILES string of the molecule is COCC[NH2+]CCOC.[O-]c1ccccc1. The molecule has 0 spiro atoms. The number of ether oxygens (including phenoxy) is 2. The van der Waals surface area contributed by atoms with Crippen molar-refractivity contribution in [3.05, 3.63) is 30.3 Å². The lowest BCUT2D eigenvalue weighted by Crippen LogP contribution is -2.86. The Hall–Kier alpha value is -1.10. The van der Waals surface area contributed by atoms with Crippen LogP contribution in [0.4, 0.5) is 0 Å². The van der Waals surface area contributed by atoms with Crippen LogP contribution < -0.4 is 10.4 Å². The lowest BCUT2D eigenvalue weighted by Gasteiger charge is -1.98. The molecule has 0 atom stereocenters. The maximum absolute atomic E-state index is 10.3. The minimum absolute atomic E-state index is 0.0718. The number of para-hydroxylation sites is 1. The van der Waals surface area contributed by atoms with Crippen LogP contribution >= 0.6 is 0 Å². The Morgan fingerprint density at radius 2 is 1.50 bits per heavy atom. The molecule has 1 aromatic rings. The fourth-order valence-corrected chi connectivity index (χ4v) is 0.967. The molecule has 4 nitrogen and oxygen atoms in total. The normalized spacial score (nSPS) is 9.38. The number of methoxy groups -OCH3 is 2. The third-order valence-electron chi connectivity index (χ3n) is 1.80. The molecule has 4 heteroatoms. The molecule has 0 aliphatic rings. The Morgan fingerprint density at radius 1 is 1.00 bits per heavy atom. The number of quaternary nitrogens is 1. The largest absolute Gasteiger partial charge is 0.872 e. The monoisotopic (exact) mass is 227 g/mol. The van der Waals surface area contributed by atoms with Gasteiger partial charge in [0.2, 0.25) is 0 Å². The molecular weight excluding hydrogens is 206 g/mol. The molecule has 0 unspecified atom stereocenters. The van der Waals surface area contributed by atoms with E-state index in [1.165, 1.54) is 12.1 Å². The van der Waals surface area contributed by atoms with Crippen molar-refractivity contribution in [1.82, 2.24) is 0 Å². The van der Waals surface area contributed by atoms with Crippen molar-refractivity contribution in [2.75, 3.05) is 40.5 Å².